The first kappa shape index (κ1) is 12.2. The topological polar surface area (TPSA) is 15.3 Å². The maximum Gasteiger partial charge on any atom is 0.0101 e. The molecule has 0 aliphatic heterocycles. The summed E-state index contributed by atoms with van der Waals surface area (Å²) in [7, 11) is 4.20. The average Bonchev–Trinajstić information content (AvgIpc) is 2.25. The SMILES string of the molecule is CC(CNCCN(C)C)c1ccccc1. The largest absolute Gasteiger partial charge is 0.315 e. The van der Waals surface area contributed by atoms with Gasteiger partial charge in [-0.05, 0) is 25.6 Å². The molecule has 0 saturated carbocycles. The maximum atomic E-state index is 3.47. The standard InChI is InChI=1S/C13H22N2/c1-12(11-14-9-10-15(2)3)13-7-5-4-6-8-13/h4-8,12,14H,9-11H2,1-3H3. The van der Waals surface area contributed by atoms with Crippen LogP contribution in [0.4, 0.5) is 0 Å². The third-order valence-corrected chi connectivity index (χ3v) is 2.55. The van der Waals surface area contributed by atoms with Crippen molar-refractivity contribution in [1.82, 2.24) is 10.2 Å². The molecule has 1 aromatic rings. The van der Waals surface area contributed by atoms with Crippen LogP contribution < -0.4 is 5.32 Å². The highest BCUT2D eigenvalue weighted by Crippen LogP contribution is 2.12. The first-order valence-electron chi connectivity index (χ1n) is 5.60. The Morgan fingerprint density at radius 1 is 1.20 bits per heavy atom. The molecule has 2 heteroatoms. The van der Waals surface area contributed by atoms with Crippen LogP contribution in [0.15, 0.2) is 30.3 Å². The van der Waals surface area contributed by atoms with Gasteiger partial charge in [-0.25, -0.2) is 0 Å². The van der Waals surface area contributed by atoms with E-state index >= 15 is 0 Å². The van der Waals surface area contributed by atoms with Crippen molar-refractivity contribution < 1.29 is 0 Å². The molecule has 2 nitrogen and oxygen atoms in total. The van der Waals surface area contributed by atoms with Gasteiger partial charge in [0.05, 0.1) is 0 Å². The number of rotatable bonds is 6. The summed E-state index contributed by atoms with van der Waals surface area (Å²) in [5.74, 6) is 0.591. The van der Waals surface area contributed by atoms with Crippen molar-refractivity contribution in [2.75, 3.05) is 33.7 Å². The van der Waals surface area contributed by atoms with Crippen LogP contribution in [-0.4, -0.2) is 38.6 Å². The fourth-order valence-electron chi connectivity index (χ4n) is 1.52. The van der Waals surface area contributed by atoms with Crippen LogP contribution in [0.25, 0.3) is 0 Å². The Labute approximate surface area is 93.3 Å². The van der Waals surface area contributed by atoms with Crippen molar-refractivity contribution in [1.29, 1.82) is 0 Å². The molecule has 0 fully saturated rings. The molecule has 0 aliphatic carbocycles. The summed E-state index contributed by atoms with van der Waals surface area (Å²) >= 11 is 0. The van der Waals surface area contributed by atoms with Crippen LogP contribution in [0.2, 0.25) is 0 Å². The minimum absolute atomic E-state index is 0.591. The van der Waals surface area contributed by atoms with E-state index in [4.69, 9.17) is 0 Å². The van der Waals surface area contributed by atoms with E-state index in [9.17, 15) is 0 Å². The van der Waals surface area contributed by atoms with E-state index < -0.39 is 0 Å². The average molecular weight is 206 g/mol. The minimum Gasteiger partial charge on any atom is -0.315 e. The lowest BCUT2D eigenvalue weighted by molar-refractivity contribution is 0.398. The molecule has 1 atom stereocenters. The second-order valence-corrected chi connectivity index (χ2v) is 4.32. The van der Waals surface area contributed by atoms with E-state index in [-0.39, 0.29) is 0 Å². The van der Waals surface area contributed by atoms with Gasteiger partial charge >= 0.3 is 0 Å². The number of benzene rings is 1. The van der Waals surface area contributed by atoms with E-state index in [0.717, 1.165) is 19.6 Å². The van der Waals surface area contributed by atoms with Gasteiger partial charge in [-0.15, -0.1) is 0 Å². The molecular formula is C13H22N2. The van der Waals surface area contributed by atoms with E-state index in [2.05, 4.69) is 61.6 Å². The molecule has 0 saturated heterocycles. The lowest BCUT2D eigenvalue weighted by Gasteiger charge is -2.14. The van der Waals surface area contributed by atoms with Gasteiger partial charge in [0.15, 0.2) is 0 Å². The Morgan fingerprint density at radius 3 is 2.47 bits per heavy atom. The Kier molecular flexibility index (Phi) is 5.37. The highest BCUT2D eigenvalue weighted by Gasteiger charge is 2.03. The zero-order valence-electron chi connectivity index (χ0n) is 10.0. The first-order valence-corrected chi connectivity index (χ1v) is 5.60. The van der Waals surface area contributed by atoms with E-state index in [1.54, 1.807) is 0 Å². The van der Waals surface area contributed by atoms with Crippen molar-refractivity contribution in [3.8, 4) is 0 Å². The van der Waals surface area contributed by atoms with Crippen molar-refractivity contribution in [2.45, 2.75) is 12.8 Å². The number of likely N-dealkylation sites (N-methyl/N-ethyl adjacent to an activating group) is 1. The normalized spacial score (nSPS) is 13.1. The predicted octanol–water partition coefficient (Wildman–Crippen LogP) is 1.94. The molecule has 0 heterocycles. The number of hydrogen-bond donors (Lipinski definition) is 1. The van der Waals surface area contributed by atoms with Crippen molar-refractivity contribution in [3.63, 3.8) is 0 Å². The fourth-order valence-corrected chi connectivity index (χ4v) is 1.52. The van der Waals surface area contributed by atoms with Crippen LogP contribution in [0.3, 0.4) is 0 Å². The van der Waals surface area contributed by atoms with E-state index in [1.165, 1.54) is 5.56 Å². The van der Waals surface area contributed by atoms with Crippen LogP contribution in [0.5, 0.6) is 0 Å². The molecule has 0 bridgehead atoms. The van der Waals surface area contributed by atoms with Gasteiger partial charge in [0.25, 0.3) is 0 Å². The molecule has 84 valence electrons. The monoisotopic (exact) mass is 206 g/mol. The first-order chi connectivity index (χ1) is 7.20. The second kappa shape index (κ2) is 6.59. The van der Waals surface area contributed by atoms with Gasteiger partial charge < -0.3 is 10.2 Å². The summed E-state index contributed by atoms with van der Waals surface area (Å²) in [5.41, 5.74) is 1.41. The second-order valence-electron chi connectivity index (χ2n) is 4.32. The highest BCUT2D eigenvalue weighted by atomic mass is 15.1. The summed E-state index contributed by atoms with van der Waals surface area (Å²) in [6.07, 6.45) is 0. The molecule has 0 aliphatic rings. The quantitative estimate of drug-likeness (QED) is 0.716. The minimum atomic E-state index is 0.591. The Morgan fingerprint density at radius 2 is 1.87 bits per heavy atom. The smallest absolute Gasteiger partial charge is 0.0101 e. The van der Waals surface area contributed by atoms with Gasteiger partial charge in [-0.1, -0.05) is 37.3 Å². The van der Waals surface area contributed by atoms with Gasteiger partial charge in [0, 0.05) is 19.6 Å². The van der Waals surface area contributed by atoms with Crippen LogP contribution in [0, 0.1) is 0 Å². The predicted molar refractivity (Wildman–Crippen MR) is 66.3 cm³/mol. The molecule has 1 unspecified atom stereocenters. The van der Waals surface area contributed by atoms with Crippen molar-refractivity contribution in [3.05, 3.63) is 35.9 Å². The van der Waals surface area contributed by atoms with Crippen LogP contribution >= 0.6 is 0 Å². The van der Waals surface area contributed by atoms with E-state index in [1.807, 2.05) is 0 Å². The zero-order chi connectivity index (χ0) is 11.1. The molecular weight excluding hydrogens is 184 g/mol. The van der Waals surface area contributed by atoms with Crippen molar-refractivity contribution >= 4 is 0 Å². The number of nitrogens with zero attached hydrogens (tertiary/aromatic N) is 1. The molecule has 0 spiro atoms. The molecule has 1 rings (SSSR count). The molecule has 0 amide bonds. The Hall–Kier alpha value is -0.860. The third-order valence-electron chi connectivity index (χ3n) is 2.55. The summed E-state index contributed by atoms with van der Waals surface area (Å²) in [6, 6.07) is 10.7. The molecule has 1 N–H and O–H groups in total. The van der Waals surface area contributed by atoms with Gasteiger partial charge in [-0.2, -0.15) is 0 Å². The third kappa shape index (κ3) is 4.96. The lowest BCUT2D eigenvalue weighted by atomic mass is 10.0. The summed E-state index contributed by atoms with van der Waals surface area (Å²) in [4.78, 5) is 2.19. The van der Waals surface area contributed by atoms with E-state index in [0.29, 0.717) is 5.92 Å². The number of nitrogens with one attached hydrogen (secondary N) is 1. The highest BCUT2D eigenvalue weighted by molar-refractivity contribution is 5.18. The zero-order valence-corrected chi connectivity index (χ0v) is 10.0. The van der Waals surface area contributed by atoms with Crippen molar-refractivity contribution in [2.24, 2.45) is 0 Å². The Balaban J connectivity index is 2.22. The van der Waals surface area contributed by atoms with Gasteiger partial charge in [-0.3, -0.25) is 0 Å². The van der Waals surface area contributed by atoms with Crippen LogP contribution in [-0.2, 0) is 0 Å². The van der Waals surface area contributed by atoms with Gasteiger partial charge in [0.2, 0.25) is 0 Å². The number of hydrogen-bond acceptors (Lipinski definition) is 2. The van der Waals surface area contributed by atoms with Gasteiger partial charge in [0.1, 0.15) is 0 Å². The lowest BCUT2D eigenvalue weighted by Crippen LogP contribution is -2.29. The molecule has 1 aromatic carbocycles. The summed E-state index contributed by atoms with van der Waals surface area (Å²) in [5, 5.41) is 3.47. The maximum absolute atomic E-state index is 3.47. The molecule has 0 radical (unpaired) electrons. The fraction of sp³-hybridized carbons (Fsp3) is 0.538. The molecule has 0 aromatic heterocycles. The summed E-state index contributed by atoms with van der Waals surface area (Å²) in [6.45, 7) is 5.47. The molecule has 15 heavy (non-hydrogen) atoms. The Bertz CT molecular complexity index is 256. The van der Waals surface area contributed by atoms with Crippen LogP contribution in [0.1, 0.15) is 18.4 Å². The summed E-state index contributed by atoms with van der Waals surface area (Å²) < 4.78 is 0.